The Bertz CT molecular complexity index is 950. The highest BCUT2D eigenvalue weighted by atomic mass is 16.3. The number of pyridine rings is 1. The summed E-state index contributed by atoms with van der Waals surface area (Å²) in [6, 6.07) is 9.25. The van der Waals surface area contributed by atoms with E-state index in [0.29, 0.717) is 12.4 Å². The number of rotatable bonds is 4. The molecule has 3 rings (SSSR count). The number of imidazole rings is 1. The minimum Gasteiger partial charge on any atom is -0.396 e. The van der Waals surface area contributed by atoms with E-state index in [1.807, 2.05) is 18.2 Å². The quantitative estimate of drug-likeness (QED) is 0.680. The third-order valence-corrected chi connectivity index (χ3v) is 4.57. The lowest BCUT2D eigenvalue weighted by Gasteiger charge is -2.29. The van der Waals surface area contributed by atoms with Gasteiger partial charge < -0.3 is 20.4 Å². The van der Waals surface area contributed by atoms with Gasteiger partial charge >= 0.3 is 0 Å². The molecule has 0 spiro atoms. The molecule has 1 atom stereocenters. The van der Waals surface area contributed by atoms with Crippen molar-refractivity contribution in [2.45, 2.75) is 33.2 Å². The number of para-hydroxylation sites is 1. The zero-order chi connectivity index (χ0) is 18.2. The molecular weight excluding hydrogens is 316 g/mol. The highest BCUT2D eigenvalue weighted by Crippen LogP contribution is 2.37. The highest BCUT2D eigenvalue weighted by molar-refractivity contribution is 5.79. The number of hydrogen-bond donors (Lipinski definition) is 3. The van der Waals surface area contributed by atoms with Gasteiger partial charge in [0.2, 0.25) is 0 Å². The Hall–Kier alpha value is -2.60. The molecule has 1 unspecified atom stereocenters. The Morgan fingerprint density at radius 3 is 2.72 bits per heavy atom. The van der Waals surface area contributed by atoms with Crippen molar-refractivity contribution in [2.24, 2.45) is 5.41 Å². The maximum atomic E-state index is 12.1. The number of aromatic amines is 1. The van der Waals surface area contributed by atoms with E-state index in [-0.39, 0.29) is 29.2 Å². The molecule has 0 bridgehead atoms. The number of nitrogens with one attached hydrogen (secondary N) is 1. The Morgan fingerprint density at radius 1 is 1.28 bits per heavy atom. The molecule has 0 aliphatic heterocycles. The lowest BCUT2D eigenvalue weighted by molar-refractivity contribution is 0.187. The predicted molar refractivity (Wildman–Crippen MR) is 99.6 cm³/mol. The topological polar surface area (TPSA) is 96.9 Å². The van der Waals surface area contributed by atoms with Crippen molar-refractivity contribution in [2.75, 3.05) is 12.3 Å². The number of anilines is 1. The fourth-order valence-corrected chi connectivity index (χ4v) is 3.14. The summed E-state index contributed by atoms with van der Waals surface area (Å²) >= 11 is 0. The zero-order valence-corrected chi connectivity index (χ0v) is 14.8. The van der Waals surface area contributed by atoms with Gasteiger partial charge in [0.05, 0.1) is 29.9 Å². The maximum absolute atomic E-state index is 12.1. The molecule has 4 N–H and O–H groups in total. The van der Waals surface area contributed by atoms with E-state index in [2.05, 4.69) is 25.8 Å². The van der Waals surface area contributed by atoms with Crippen LogP contribution < -0.4 is 11.3 Å². The van der Waals surface area contributed by atoms with Crippen LogP contribution in [0.15, 0.2) is 41.3 Å². The van der Waals surface area contributed by atoms with E-state index in [4.69, 9.17) is 10.7 Å². The molecule has 6 heteroatoms. The van der Waals surface area contributed by atoms with Gasteiger partial charge in [-0.1, -0.05) is 32.9 Å². The predicted octanol–water partition coefficient (Wildman–Crippen LogP) is 2.48. The van der Waals surface area contributed by atoms with Crippen LogP contribution in [0.1, 0.15) is 38.1 Å². The Labute approximate surface area is 146 Å². The summed E-state index contributed by atoms with van der Waals surface area (Å²) in [5.41, 5.74) is 8.32. The smallest absolute Gasteiger partial charge is 0.274 e. The number of nitrogens with two attached hydrogens (primary N) is 1. The standard InChI is InChI=1S/C19H24N4O2/c1-19(2,3)13(11-24)12-6-4-8-15-17(12)22-16(21-15)10-23-9-5-7-14(20)18(23)25/h4-9,13,24H,10-11,20H2,1-3H3,(H,21,22). The van der Waals surface area contributed by atoms with Crippen LogP contribution in [0.5, 0.6) is 0 Å². The average molecular weight is 340 g/mol. The monoisotopic (exact) mass is 340 g/mol. The Morgan fingerprint density at radius 2 is 2.04 bits per heavy atom. The first-order chi connectivity index (χ1) is 11.8. The van der Waals surface area contributed by atoms with Gasteiger partial charge in [-0.05, 0) is 29.2 Å². The molecule has 0 aliphatic carbocycles. The van der Waals surface area contributed by atoms with Gasteiger partial charge in [-0.3, -0.25) is 4.79 Å². The number of aromatic nitrogens is 3. The largest absolute Gasteiger partial charge is 0.396 e. The molecule has 2 aromatic heterocycles. The van der Waals surface area contributed by atoms with Crippen molar-refractivity contribution in [1.82, 2.24) is 14.5 Å². The van der Waals surface area contributed by atoms with Crippen LogP contribution >= 0.6 is 0 Å². The lowest BCUT2D eigenvalue weighted by Crippen LogP contribution is -2.23. The first-order valence-corrected chi connectivity index (χ1v) is 8.34. The molecule has 6 nitrogen and oxygen atoms in total. The number of benzene rings is 1. The minimum atomic E-state index is -0.230. The number of fused-ring (bicyclic) bond motifs is 1. The number of hydrogen-bond acceptors (Lipinski definition) is 4. The van der Waals surface area contributed by atoms with Crippen LogP contribution in [-0.2, 0) is 6.54 Å². The van der Waals surface area contributed by atoms with Crippen molar-refractivity contribution in [3.05, 3.63) is 58.3 Å². The van der Waals surface area contributed by atoms with Crippen molar-refractivity contribution in [3.63, 3.8) is 0 Å². The SMILES string of the molecule is CC(C)(C)C(CO)c1cccc2[nH]c(Cn3cccc(N)c3=O)nc12. The van der Waals surface area contributed by atoms with E-state index in [1.165, 1.54) is 4.57 Å². The summed E-state index contributed by atoms with van der Waals surface area (Å²) in [5, 5.41) is 9.89. The molecule has 0 radical (unpaired) electrons. The van der Waals surface area contributed by atoms with Crippen molar-refractivity contribution < 1.29 is 5.11 Å². The molecule has 0 aliphatic rings. The number of aliphatic hydroxyl groups is 1. The van der Waals surface area contributed by atoms with Crippen molar-refractivity contribution >= 4 is 16.7 Å². The van der Waals surface area contributed by atoms with Crippen molar-refractivity contribution in [1.29, 1.82) is 0 Å². The van der Waals surface area contributed by atoms with Crippen LogP contribution in [-0.4, -0.2) is 26.2 Å². The van der Waals surface area contributed by atoms with Crippen LogP contribution in [0.4, 0.5) is 5.69 Å². The molecule has 3 aromatic rings. The summed E-state index contributed by atoms with van der Waals surface area (Å²) in [6.45, 7) is 6.68. The lowest BCUT2D eigenvalue weighted by atomic mass is 9.76. The zero-order valence-electron chi connectivity index (χ0n) is 14.8. The summed E-state index contributed by atoms with van der Waals surface area (Å²) in [5.74, 6) is 0.656. The van der Waals surface area contributed by atoms with E-state index >= 15 is 0 Å². The summed E-state index contributed by atoms with van der Waals surface area (Å²) in [6.07, 6.45) is 1.69. The van der Waals surface area contributed by atoms with Crippen LogP contribution in [0.25, 0.3) is 11.0 Å². The molecule has 0 amide bonds. The Kier molecular flexibility index (Phi) is 4.39. The normalized spacial score (nSPS) is 13.3. The third kappa shape index (κ3) is 3.30. The number of H-pyrrole nitrogens is 1. The molecule has 1 aromatic carbocycles. The molecule has 25 heavy (non-hydrogen) atoms. The van der Waals surface area contributed by atoms with Gasteiger partial charge in [-0.15, -0.1) is 0 Å². The van der Waals surface area contributed by atoms with Crippen LogP contribution in [0.2, 0.25) is 0 Å². The number of nitrogen functional groups attached to an aromatic ring is 1. The van der Waals surface area contributed by atoms with Gasteiger partial charge in [-0.25, -0.2) is 4.98 Å². The fraction of sp³-hybridized carbons (Fsp3) is 0.368. The van der Waals surface area contributed by atoms with E-state index < -0.39 is 0 Å². The molecule has 2 heterocycles. The Balaban J connectivity index is 2.05. The highest BCUT2D eigenvalue weighted by Gasteiger charge is 2.27. The average Bonchev–Trinajstić information content (AvgIpc) is 2.94. The third-order valence-electron chi connectivity index (χ3n) is 4.57. The number of aliphatic hydroxyl groups excluding tert-OH is 1. The van der Waals surface area contributed by atoms with Gasteiger partial charge in [0.15, 0.2) is 0 Å². The number of nitrogens with zero attached hydrogens (tertiary/aromatic N) is 2. The van der Waals surface area contributed by atoms with Gasteiger partial charge in [0.1, 0.15) is 5.82 Å². The maximum Gasteiger partial charge on any atom is 0.274 e. The molecule has 132 valence electrons. The van der Waals surface area contributed by atoms with Gasteiger partial charge in [0.25, 0.3) is 5.56 Å². The molecule has 0 saturated carbocycles. The van der Waals surface area contributed by atoms with Crippen LogP contribution in [0.3, 0.4) is 0 Å². The van der Waals surface area contributed by atoms with E-state index in [0.717, 1.165) is 16.6 Å². The van der Waals surface area contributed by atoms with E-state index in [1.54, 1.807) is 18.3 Å². The molecule has 0 fully saturated rings. The van der Waals surface area contributed by atoms with E-state index in [9.17, 15) is 9.90 Å². The van der Waals surface area contributed by atoms with Crippen molar-refractivity contribution in [3.8, 4) is 0 Å². The summed E-state index contributed by atoms with van der Waals surface area (Å²) < 4.78 is 1.53. The first kappa shape index (κ1) is 17.2. The molecular formula is C19H24N4O2. The summed E-state index contributed by atoms with van der Waals surface area (Å²) in [7, 11) is 0. The fourth-order valence-electron chi connectivity index (χ4n) is 3.14. The summed E-state index contributed by atoms with van der Waals surface area (Å²) in [4.78, 5) is 20.1. The second-order valence-electron chi connectivity index (χ2n) is 7.42. The van der Waals surface area contributed by atoms with Gasteiger partial charge in [0, 0.05) is 12.1 Å². The van der Waals surface area contributed by atoms with Crippen LogP contribution in [0, 0.1) is 5.41 Å². The van der Waals surface area contributed by atoms with Gasteiger partial charge in [-0.2, -0.15) is 0 Å². The second-order valence-corrected chi connectivity index (χ2v) is 7.42. The first-order valence-electron chi connectivity index (χ1n) is 8.34. The molecule has 0 saturated heterocycles. The second kappa shape index (κ2) is 6.37. The minimum absolute atomic E-state index is 0.0255.